The molecular formula is C16H16ClN3O3. The van der Waals surface area contributed by atoms with Crippen molar-refractivity contribution in [1.82, 2.24) is 5.43 Å². The highest BCUT2D eigenvalue weighted by Crippen LogP contribution is 2.30. The van der Waals surface area contributed by atoms with Gasteiger partial charge >= 0.3 is 6.03 Å². The molecule has 0 bridgehead atoms. The molecule has 6 nitrogen and oxygen atoms in total. The van der Waals surface area contributed by atoms with Crippen LogP contribution in [-0.2, 0) is 6.61 Å². The first-order valence-electron chi connectivity index (χ1n) is 6.73. The minimum absolute atomic E-state index is 0.335. The van der Waals surface area contributed by atoms with Gasteiger partial charge in [-0.1, -0.05) is 29.8 Å². The van der Waals surface area contributed by atoms with Crippen molar-refractivity contribution in [3.63, 3.8) is 0 Å². The number of halogens is 1. The van der Waals surface area contributed by atoms with Crippen LogP contribution in [0.3, 0.4) is 0 Å². The van der Waals surface area contributed by atoms with Crippen LogP contribution in [-0.4, -0.2) is 19.4 Å². The molecule has 7 heteroatoms. The number of amides is 2. The molecule has 0 saturated heterocycles. The lowest BCUT2D eigenvalue weighted by Crippen LogP contribution is -2.24. The number of methoxy groups -OCH3 is 1. The monoisotopic (exact) mass is 333 g/mol. The number of para-hydroxylation sites is 1. The average molecular weight is 334 g/mol. The Labute approximate surface area is 138 Å². The lowest BCUT2D eigenvalue weighted by molar-refractivity contribution is 0.249. The molecule has 0 heterocycles. The van der Waals surface area contributed by atoms with Crippen LogP contribution in [0.15, 0.2) is 47.6 Å². The average Bonchev–Trinajstić information content (AvgIpc) is 2.54. The minimum atomic E-state index is -0.743. The van der Waals surface area contributed by atoms with Crippen LogP contribution in [0, 0.1) is 0 Å². The number of urea groups is 1. The van der Waals surface area contributed by atoms with Gasteiger partial charge in [0, 0.05) is 10.6 Å². The molecule has 0 aliphatic carbocycles. The van der Waals surface area contributed by atoms with E-state index in [9.17, 15) is 4.79 Å². The Kier molecular flexibility index (Phi) is 5.82. The molecular weight excluding hydrogens is 318 g/mol. The first-order chi connectivity index (χ1) is 11.1. The maximum absolute atomic E-state index is 10.7. The number of hydrazone groups is 1. The smallest absolute Gasteiger partial charge is 0.332 e. The summed E-state index contributed by atoms with van der Waals surface area (Å²) < 4.78 is 11.1. The van der Waals surface area contributed by atoms with Crippen molar-refractivity contribution in [1.29, 1.82) is 0 Å². The van der Waals surface area contributed by atoms with E-state index in [0.29, 0.717) is 28.7 Å². The van der Waals surface area contributed by atoms with Gasteiger partial charge in [-0.25, -0.2) is 10.2 Å². The first kappa shape index (κ1) is 16.6. The molecule has 0 radical (unpaired) electrons. The number of nitrogens with zero attached hydrogens (tertiary/aromatic N) is 1. The van der Waals surface area contributed by atoms with Crippen LogP contribution in [0.25, 0.3) is 0 Å². The van der Waals surface area contributed by atoms with Gasteiger partial charge in [-0.15, -0.1) is 0 Å². The molecule has 0 aliphatic rings. The second kappa shape index (κ2) is 8.05. The zero-order chi connectivity index (χ0) is 16.7. The van der Waals surface area contributed by atoms with Crippen molar-refractivity contribution in [2.24, 2.45) is 10.8 Å². The van der Waals surface area contributed by atoms with Gasteiger partial charge in [-0.3, -0.25) is 0 Å². The van der Waals surface area contributed by atoms with Gasteiger partial charge in [0.2, 0.25) is 0 Å². The van der Waals surface area contributed by atoms with Crippen molar-refractivity contribution in [2.75, 3.05) is 7.11 Å². The third-order valence-electron chi connectivity index (χ3n) is 2.90. The van der Waals surface area contributed by atoms with Gasteiger partial charge in [-0.2, -0.15) is 5.10 Å². The number of ether oxygens (including phenoxy) is 2. The fourth-order valence-corrected chi connectivity index (χ4v) is 1.98. The number of hydrogen-bond acceptors (Lipinski definition) is 4. The first-order valence-corrected chi connectivity index (χ1v) is 7.10. The summed E-state index contributed by atoms with van der Waals surface area (Å²) in [5, 5.41) is 4.40. The van der Waals surface area contributed by atoms with Gasteiger partial charge in [0.25, 0.3) is 0 Å². The van der Waals surface area contributed by atoms with Gasteiger partial charge in [-0.05, 0) is 29.8 Å². The summed E-state index contributed by atoms with van der Waals surface area (Å²) in [6.07, 6.45) is 1.43. The van der Waals surface area contributed by atoms with Gasteiger partial charge in [0.1, 0.15) is 6.61 Å². The second-order valence-corrected chi connectivity index (χ2v) is 4.96. The lowest BCUT2D eigenvalue weighted by Gasteiger charge is -2.13. The third-order valence-corrected chi connectivity index (χ3v) is 3.16. The third kappa shape index (κ3) is 4.89. The Morgan fingerprint density at radius 1 is 1.30 bits per heavy atom. The molecule has 3 N–H and O–H groups in total. The van der Waals surface area contributed by atoms with Crippen LogP contribution in [0.4, 0.5) is 4.79 Å². The van der Waals surface area contributed by atoms with Crippen LogP contribution < -0.4 is 20.6 Å². The summed E-state index contributed by atoms with van der Waals surface area (Å²) >= 11 is 5.86. The summed E-state index contributed by atoms with van der Waals surface area (Å²) in [7, 11) is 1.55. The molecule has 0 saturated carbocycles. The van der Waals surface area contributed by atoms with Crippen LogP contribution in [0.2, 0.25) is 5.02 Å². The Morgan fingerprint density at radius 2 is 2.04 bits per heavy atom. The van der Waals surface area contributed by atoms with Crippen molar-refractivity contribution in [2.45, 2.75) is 6.61 Å². The van der Waals surface area contributed by atoms with Gasteiger partial charge in [0.05, 0.1) is 13.3 Å². The molecule has 23 heavy (non-hydrogen) atoms. The van der Waals surface area contributed by atoms with E-state index in [4.69, 9.17) is 26.8 Å². The fraction of sp³-hybridized carbons (Fsp3) is 0.125. The fourth-order valence-electron chi connectivity index (χ4n) is 1.85. The number of carbonyl (C=O) groups is 1. The van der Waals surface area contributed by atoms with Crippen LogP contribution in [0.1, 0.15) is 11.1 Å². The van der Waals surface area contributed by atoms with Crippen molar-refractivity contribution in [3.8, 4) is 11.5 Å². The standard InChI is InChI=1S/C16H16ClN3O3/c1-22-14-4-2-3-12(9-19-20-16(18)21)15(14)23-10-11-5-7-13(17)8-6-11/h2-9H,10H2,1H3,(H3,18,20,21)/b19-9+. The van der Waals surface area contributed by atoms with E-state index >= 15 is 0 Å². The predicted molar refractivity (Wildman–Crippen MR) is 89.1 cm³/mol. The highest BCUT2D eigenvalue weighted by molar-refractivity contribution is 6.30. The topological polar surface area (TPSA) is 85.9 Å². The lowest BCUT2D eigenvalue weighted by atomic mass is 10.2. The number of rotatable bonds is 6. The highest BCUT2D eigenvalue weighted by Gasteiger charge is 2.09. The van der Waals surface area contributed by atoms with Crippen molar-refractivity contribution < 1.29 is 14.3 Å². The molecule has 2 aromatic carbocycles. The number of nitrogens with one attached hydrogen (secondary N) is 1. The van der Waals surface area contributed by atoms with E-state index < -0.39 is 6.03 Å². The maximum atomic E-state index is 10.7. The Hall–Kier alpha value is -2.73. The Balaban J connectivity index is 2.19. The highest BCUT2D eigenvalue weighted by atomic mass is 35.5. The summed E-state index contributed by atoms with van der Waals surface area (Å²) in [5.74, 6) is 1.07. The Bertz CT molecular complexity index is 702. The predicted octanol–water partition coefficient (Wildman–Crippen LogP) is 2.93. The van der Waals surface area contributed by atoms with E-state index in [1.54, 1.807) is 37.4 Å². The largest absolute Gasteiger partial charge is 0.493 e. The molecule has 0 aromatic heterocycles. The second-order valence-electron chi connectivity index (χ2n) is 4.53. The molecule has 0 spiro atoms. The summed E-state index contributed by atoms with van der Waals surface area (Å²) in [6.45, 7) is 0.335. The van der Waals surface area contributed by atoms with E-state index in [-0.39, 0.29) is 0 Å². The number of nitrogens with two attached hydrogens (primary N) is 1. The Morgan fingerprint density at radius 3 is 2.70 bits per heavy atom. The zero-order valence-corrected chi connectivity index (χ0v) is 13.2. The number of hydrogen-bond donors (Lipinski definition) is 2. The molecule has 0 aliphatic heterocycles. The van der Waals surface area contributed by atoms with E-state index in [0.717, 1.165) is 5.56 Å². The molecule has 120 valence electrons. The normalized spacial score (nSPS) is 10.5. The zero-order valence-electron chi connectivity index (χ0n) is 12.5. The van der Waals surface area contributed by atoms with Gasteiger partial charge in [0.15, 0.2) is 11.5 Å². The minimum Gasteiger partial charge on any atom is -0.493 e. The number of carbonyl (C=O) groups excluding carboxylic acids is 1. The van der Waals surface area contributed by atoms with E-state index in [2.05, 4.69) is 10.5 Å². The van der Waals surface area contributed by atoms with Crippen LogP contribution in [0.5, 0.6) is 11.5 Å². The van der Waals surface area contributed by atoms with E-state index in [1.807, 2.05) is 12.1 Å². The summed E-state index contributed by atoms with van der Waals surface area (Å²) in [5.41, 5.74) is 8.71. The maximum Gasteiger partial charge on any atom is 0.332 e. The van der Waals surface area contributed by atoms with Crippen molar-refractivity contribution >= 4 is 23.8 Å². The summed E-state index contributed by atoms with van der Waals surface area (Å²) in [6, 6.07) is 11.9. The molecule has 0 fully saturated rings. The quantitative estimate of drug-likeness (QED) is 0.629. The van der Waals surface area contributed by atoms with E-state index in [1.165, 1.54) is 6.21 Å². The molecule has 0 atom stereocenters. The SMILES string of the molecule is COc1cccc(/C=N/NC(N)=O)c1OCc1ccc(Cl)cc1. The van der Waals surface area contributed by atoms with Crippen LogP contribution >= 0.6 is 11.6 Å². The molecule has 0 unspecified atom stereocenters. The van der Waals surface area contributed by atoms with Gasteiger partial charge < -0.3 is 15.2 Å². The molecule has 2 aromatic rings. The molecule has 2 rings (SSSR count). The number of benzene rings is 2. The summed E-state index contributed by atoms with van der Waals surface area (Å²) in [4.78, 5) is 10.7. The number of primary amides is 1. The molecule has 2 amide bonds. The van der Waals surface area contributed by atoms with Crippen molar-refractivity contribution in [3.05, 3.63) is 58.6 Å².